The second kappa shape index (κ2) is 6.00. The standard InChI is InChI=1S/C15H22N6O/c1-3-13-10-12(2)17-14(18-13)20-7-4-15(22,5-8-20)11-21-9-6-16-19-21/h6,9-10,22H,3-5,7-8,11H2,1-2H3. The van der Waals surface area contributed by atoms with E-state index in [0.717, 1.165) is 36.8 Å². The van der Waals surface area contributed by atoms with Crippen LogP contribution in [0.4, 0.5) is 5.95 Å². The zero-order valence-corrected chi connectivity index (χ0v) is 13.1. The Bertz CT molecular complexity index is 619. The molecule has 1 N–H and O–H groups in total. The minimum absolute atomic E-state index is 0.482. The van der Waals surface area contributed by atoms with Gasteiger partial charge in [0.1, 0.15) is 0 Å². The fourth-order valence-corrected chi connectivity index (χ4v) is 2.84. The molecule has 7 heteroatoms. The van der Waals surface area contributed by atoms with Gasteiger partial charge in [0.15, 0.2) is 0 Å². The fraction of sp³-hybridized carbons (Fsp3) is 0.600. The SMILES string of the molecule is CCc1cc(C)nc(N2CCC(O)(Cn3ccnn3)CC2)n1. The van der Waals surface area contributed by atoms with E-state index in [4.69, 9.17) is 0 Å². The molecule has 0 bridgehead atoms. The van der Waals surface area contributed by atoms with Crippen LogP contribution in [0.3, 0.4) is 0 Å². The second-order valence-electron chi connectivity index (χ2n) is 5.97. The maximum atomic E-state index is 10.7. The molecule has 2 aromatic rings. The minimum atomic E-state index is -0.735. The van der Waals surface area contributed by atoms with Gasteiger partial charge in [0.25, 0.3) is 0 Å². The molecule has 7 nitrogen and oxygen atoms in total. The van der Waals surface area contributed by atoms with Crippen molar-refractivity contribution in [3.05, 3.63) is 29.8 Å². The number of hydrogen-bond donors (Lipinski definition) is 1. The van der Waals surface area contributed by atoms with Gasteiger partial charge in [0, 0.05) is 30.7 Å². The van der Waals surface area contributed by atoms with Crippen LogP contribution in [-0.4, -0.2) is 48.8 Å². The first-order chi connectivity index (χ1) is 10.6. The Morgan fingerprint density at radius 2 is 2.05 bits per heavy atom. The number of aliphatic hydroxyl groups is 1. The average molecular weight is 302 g/mol. The van der Waals surface area contributed by atoms with Crippen molar-refractivity contribution in [3.8, 4) is 0 Å². The molecule has 1 aliphatic heterocycles. The van der Waals surface area contributed by atoms with E-state index in [2.05, 4.69) is 32.1 Å². The fourth-order valence-electron chi connectivity index (χ4n) is 2.84. The molecule has 0 saturated carbocycles. The van der Waals surface area contributed by atoms with Crippen LogP contribution >= 0.6 is 0 Å². The number of anilines is 1. The van der Waals surface area contributed by atoms with Crippen molar-refractivity contribution >= 4 is 5.95 Å². The lowest BCUT2D eigenvalue weighted by atomic mass is 9.91. The zero-order valence-electron chi connectivity index (χ0n) is 13.1. The monoisotopic (exact) mass is 302 g/mol. The van der Waals surface area contributed by atoms with Crippen molar-refractivity contribution in [2.45, 2.75) is 45.3 Å². The van der Waals surface area contributed by atoms with Crippen LogP contribution in [0.25, 0.3) is 0 Å². The third-order valence-corrected chi connectivity index (χ3v) is 4.16. The van der Waals surface area contributed by atoms with Gasteiger partial charge in [-0.1, -0.05) is 12.1 Å². The highest BCUT2D eigenvalue weighted by molar-refractivity contribution is 5.33. The molecule has 0 aliphatic carbocycles. The summed E-state index contributed by atoms with van der Waals surface area (Å²) in [7, 11) is 0. The molecule has 1 aliphatic rings. The first-order valence-corrected chi connectivity index (χ1v) is 7.74. The van der Waals surface area contributed by atoms with Crippen LogP contribution in [0.2, 0.25) is 0 Å². The van der Waals surface area contributed by atoms with Gasteiger partial charge < -0.3 is 10.0 Å². The highest BCUT2D eigenvalue weighted by Crippen LogP contribution is 2.26. The number of hydrogen-bond acceptors (Lipinski definition) is 6. The third kappa shape index (κ3) is 3.24. The summed E-state index contributed by atoms with van der Waals surface area (Å²) in [5, 5.41) is 18.4. The molecular formula is C15H22N6O. The van der Waals surface area contributed by atoms with E-state index in [0.29, 0.717) is 19.4 Å². The first kappa shape index (κ1) is 14.9. The van der Waals surface area contributed by atoms with Gasteiger partial charge in [-0.3, -0.25) is 0 Å². The quantitative estimate of drug-likeness (QED) is 0.906. The van der Waals surface area contributed by atoms with Crippen LogP contribution in [-0.2, 0) is 13.0 Å². The molecule has 22 heavy (non-hydrogen) atoms. The molecule has 118 valence electrons. The Labute approximate surface area is 130 Å². The maximum Gasteiger partial charge on any atom is 0.225 e. The van der Waals surface area contributed by atoms with Crippen molar-refractivity contribution in [2.24, 2.45) is 0 Å². The van der Waals surface area contributed by atoms with E-state index in [1.807, 2.05) is 13.0 Å². The molecule has 0 spiro atoms. The second-order valence-corrected chi connectivity index (χ2v) is 5.97. The molecule has 0 unspecified atom stereocenters. The van der Waals surface area contributed by atoms with E-state index in [9.17, 15) is 5.11 Å². The summed E-state index contributed by atoms with van der Waals surface area (Å²) in [6.45, 7) is 6.07. The lowest BCUT2D eigenvalue weighted by Crippen LogP contribution is -2.47. The molecule has 0 atom stereocenters. The average Bonchev–Trinajstić information content (AvgIpc) is 2.99. The molecule has 0 amide bonds. The van der Waals surface area contributed by atoms with E-state index in [-0.39, 0.29) is 0 Å². The van der Waals surface area contributed by atoms with Gasteiger partial charge in [-0.25, -0.2) is 14.6 Å². The Balaban J connectivity index is 1.67. The molecule has 3 rings (SSSR count). The maximum absolute atomic E-state index is 10.7. The molecule has 1 fully saturated rings. The number of rotatable bonds is 4. The molecule has 2 aromatic heterocycles. The van der Waals surface area contributed by atoms with E-state index in [1.54, 1.807) is 17.1 Å². The van der Waals surface area contributed by atoms with Gasteiger partial charge in [-0.2, -0.15) is 0 Å². The molecule has 3 heterocycles. The number of piperidine rings is 1. The van der Waals surface area contributed by atoms with Crippen LogP contribution in [0.5, 0.6) is 0 Å². The van der Waals surface area contributed by atoms with E-state index < -0.39 is 5.60 Å². The van der Waals surface area contributed by atoms with Crippen molar-refractivity contribution in [1.82, 2.24) is 25.0 Å². The largest absolute Gasteiger partial charge is 0.388 e. The van der Waals surface area contributed by atoms with Gasteiger partial charge in [0.05, 0.1) is 18.3 Å². The summed E-state index contributed by atoms with van der Waals surface area (Å²) in [6.07, 6.45) is 5.66. The molecule has 0 aromatic carbocycles. The van der Waals surface area contributed by atoms with Crippen molar-refractivity contribution in [2.75, 3.05) is 18.0 Å². The summed E-state index contributed by atoms with van der Waals surface area (Å²) in [5.41, 5.74) is 1.32. The lowest BCUT2D eigenvalue weighted by molar-refractivity contribution is -0.00367. The van der Waals surface area contributed by atoms with Gasteiger partial charge in [-0.15, -0.1) is 5.10 Å². The van der Waals surface area contributed by atoms with Crippen molar-refractivity contribution in [1.29, 1.82) is 0 Å². The van der Waals surface area contributed by atoms with Crippen molar-refractivity contribution < 1.29 is 5.11 Å². The summed E-state index contributed by atoms with van der Waals surface area (Å²) in [5.74, 6) is 0.777. The third-order valence-electron chi connectivity index (χ3n) is 4.16. The number of aromatic nitrogens is 5. The topological polar surface area (TPSA) is 80.0 Å². The van der Waals surface area contributed by atoms with Crippen LogP contribution < -0.4 is 4.90 Å². The van der Waals surface area contributed by atoms with Crippen LogP contribution in [0, 0.1) is 6.92 Å². The van der Waals surface area contributed by atoms with Gasteiger partial charge in [0.2, 0.25) is 5.95 Å². The highest BCUT2D eigenvalue weighted by atomic mass is 16.3. The normalized spacial score (nSPS) is 17.7. The van der Waals surface area contributed by atoms with Crippen molar-refractivity contribution in [3.63, 3.8) is 0 Å². The molecule has 0 radical (unpaired) electrons. The Kier molecular flexibility index (Phi) is 4.06. The summed E-state index contributed by atoms with van der Waals surface area (Å²) in [4.78, 5) is 11.3. The Morgan fingerprint density at radius 3 is 2.68 bits per heavy atom. The minimum Gasteiger partial charge on any atom is -0.388 e. The first-order valence-electron chi connectivity index (χ1n) is 7.74. The number of aryl methyl sites for hydroxylation is 2. The lowest BCUT2D eigenvalue weighted by Gasteiger charge is -2.38. The summed E-state index contributed by atoms with van der Waals surface area (Å²) in [6, 6.07) is 2.02. The summed E-state index contributed by atoms with van der Waals surface area (Å²) >= 11 is 0. The zero-order chi connectivity index (χ0) is 15.6. The van der Waals surface area contributed by atoms with Crippen LogP contribution in [0.1, 0.15) is 31.2 Å². The van der Waals surface area contributed by atoms with Gasteiger partial charge >= 0.3 is 0 Å². The summed E-state index contributed by atoms with van der Waals surface area (Å²) < 4.78 is 1.69. The predicted molar refractivity (Wildman–Crippen MR) is 82.6 cm³/mol. The molecule has 1 saturated heterocycles. The Morgan fingerprint density at radius 1 is 1.27 bits per heavy atom. The Hall–Kier alpha value is -2.02. The van der Waals surface area contributed by atoms with Gasteiger partial charge in [-0.05, 0) is 32.3 Å². The highest BCUT2D eigenvalue weighted by Gasteiger charge is 2.33. The number of nitrogens with zero attached hydrogens (tertiary/aromatic N) is 6. The van der Waals surface area contributed by atoms with E-state index in [1.165, 1.54) is 0 Å². The molecular weight excluding hydrogens is 280 g/mol. The van der Waals surface area contributed by atoms with E-state index >= 15 is 0 Å². The predicted octanol–water partition coefficient (Wildman–Crippen LogP) is 0.970. The van der Waals surface area contributed by atoms with Crippen LogP contribution in [0.15, 0.2) is 18.5 Å². The smallest absolute Gasteiger partial charge is 0.225 e.